The van der Waals surface area contributed by atoms with Crippen LogP contribution in [0.15, 0.2) is 12.1 Å². The molecule has 0 aliphatic carbocycles. The second-order valence-electron chi connectivity index (χ2n) is 8.22. The lowest BCUT2D eigenvalue weighted by molar-refractivity contribution is -0.132. The van der Waals surface area contributed by atoms with Crippen LogP contribution in [-0.4, -0.2) is 61.6 Å². The minimum Gasteiger partial charge on any atom is -0.385 e. The van der Waals surface area contributed by atoms with Gasteiger partial charge in [0.15, 0.2) is 11.6 Å². The Kier molecular flexibility index (Phi) is 7.95. The molecule has 2 heterocycles. The third-order valence-electron chi connectivity index (χ3n) is 6.24. The van der Waals surface area contributed by atoms with Crippen molar-refractivity contribution in [3.63, 3.8) is 0 Å². The lowest BCUT2D eigenvalue weighted by Crippen LogP contribution is -2.52. The number of piperidine rings is 2. The normalized spacial score (nSPS) is 22.3. The van der Waals surface area contributed by atoms with Crippen molar-refractivity contribution >= 4 is 5.91 Å². The monoisotopic (exact) mass is 412 g/mol. The predicted octanol–water partition coefficient (Wildman–Crippen LogP) is 3.78. The van der Waals surface area contributed by atoms with Crippen LogP contribution >= 0.6 is 0 Å². The molecule has 2 atom stereocenters. The third kappa shape index (κ3) is 5.72. The fourth-order valence-corrected chi connectivity index (χ4v) is 4.76. The van der Waals surface area contributed by atoms with E-state index in [1.165, 1.54) is 12.8 Å². The average molecular weight is 412 g/mol. The number of rotatable bonds is 8. The number of hydrogen-bond acceptors (Lipinski definition) is 3. The van der Waals surface area contributed by atoms with Gasteiger partial charge >= 0.3 is 0 Å². The van der Waals surface area contributed by atoms with Gasteiger partial charge in [0.2, 0.25) is 5.91 Å². The van der Waals surface area contributed by atoms with Crippen molar-refractivity contribution in [2.24, 2.45) is 5.92 Å². The molecule has 29 heavy (non-hydrogen) atoms. The first-order valence-electron chi connectivity index (χ1n) is 10.6. The van der Waals surface area contributed by atoms with E-state index in [0.717, 1.165) is 38.4 Å². The van der Waals surface area contributed by atoms with E-state index >= 15 is 0 Å². The summed E-state index contributed by atoms with van der Waals surface area (Å²) in [5, 5.41) is 0. The second-order valence-corrected chi connectivity index (χ2v) is 8.22. The number of nitrogens with zero attached hydrogens (tertiary/aromatic N) is 2. The molecule has 0 bridgehead atoms. The highest BCUT2D eigenvalue weighted by Crippen LogP contribution is 2.31. The first-order valence-corrected chi connectivity index (χ1v) is 10.6. The van der Waals surface area contributed by atoms with Gasteiger partial charge in [-0.15, -0.1) is 0 Å². The molecule has 2 unspecified atom stereocenters. The fourth-order valence-electron chi connectivity index (χ4n) is 4.76. The zero-order valence-electron chi connectivity index (χ0n) is 17.1. The lowest BCUT2D eigenvalue weighted by atomic mass is 9.83. The van der Waals surface area contributed by atoms with E-state index in [1.807, 2.05) is 0 Å². The van der Waals surface area contributed by atoms with Crippen molar-refractivity contribution in [3.05, 3.63) is 35.1 Å². The van der Waals surface area contributed by atoms with Crippen LogP contribution in [0.1, 0.15) is 44.1 Å². The van der Waals surface area contributed by atoms with E-state index in [4.69, 9.17) is 4.74 Å². The van der Waals surface area contributed by atoms with Crippen LogP contribution < -0.4 is 0 Å². The summed E-state index contributed by atoms with van der Waals surface area (Å²) in [6.45, 7) is 3.91. The Morgan fingerprint density at radius 3 is 2.66 bits per heavy atom. The van der Waals surface area contributed by atoms with Crippen LogP contribution in [-0.2, 0) is 16.0 Å². The van der Waals surface area contributed by atoms with Gasteiger partial charge in [-0.1, -0.05) is 6.42 Å². The zero-order chi connectivity index (χ0) is 20.8. The third-order valence-corrected chi connectivity index (χ3v) is 6.24. The molecular weight excluding hydrogens is 381 g/mol. The molecule has 3 rings (SSSR count). The molecule has 0 saturated carbocycles. The standard InChI is InChI=1S/C22H31F3N2O2/c1-29-11-5-10-27(15-16-6-4-9-26-8-3-2-7-21(16)26)22(28)13-17-12-19(24)20(25)14-18(17)23/h12,14,16,21H,2-11,13,15H2,1H3. The number of carbonyl (C=O) groups excluding carboxylic acids is 1. The van der Waals surface area contributed by atoms with Gasteiger partial charge in [-0.25, -0.2) is 13.2 Å². The van der Waals surface area contributed by atoms with Gasteiger partial charge in [-0.2, -0.15) is 0 Å². The predicted molar refractivity (Wildman–Crippen MR) is 105 cm³/mol. The Morgan fingerprint density at radius 2 is 1.86 bits per heavy atom. The Balaban J connectivity index is 1.70. The fraction of sp³-hybridized carbons (Fsp3) is 0.682. The summed E-state index contributed by atoms with van der Waals surface area (Å²) in [5.41, 5.74) is -0.103. The molecule has 2 fully saturated rings. The molecule has 0 N–H and O–H groups in total. The largest absolute Gasteiger partial charge is 0.385 e. The molecule has 1 aromatic rings. The topological polar surface area (TPSA) is 32.8 Å². The number of fused-ring (bicyclic) bond motifs is 1. The highest BCUT2D eigenvalue weighted by Gasteiger charge is 2.34. The first-order chi connectivity index (χ1) is 14.0. The van der Waals surface area contributed by atoms with E-state index in [0.29, 0.717) is 44.1 Å². The minimum atomic E-state index is -1.24. The molecule has 2 aliphatic heterocycles. The Bertz CT molecular complexity index is 699. The summed E-state index contributed by atoms with van der Waals surface area (Å²) in [6, 6.07) is 1.79. The molecule has 4 nitrogen and oxygen atoms in total. The Hall–Kier alpha value is -1.60. The van der Waals surface area contributed by atoms with Crippen LogP contribution in [0.25, 0.3) is 0 Å². The smallest absolute Gasteiger partial charge is 0.227 e. The van der Waals surface area contributed by atoms with Gasteiger partial charge in [-0.3, -0.25) is 4.79 Å². The Labute approximate surface area is 171 Å². The Morgan fingerprint density at radius 1 is 1.10 bits per heavy atom. The van der Waals surface area contributed by atoms with Crippen LogP contribution in [0.2, 0.25) is 0 Å². The van der Waals surface area contributed by atoms with Gasteiger partial charge < -0.3 is 14.5 Å². The molecule has 0 radical (unpaired) electrons. The molecule has 2 aliphatic rings. The number of ether oxygens (including phenoxy) is 1. The summed E-state index contributed by atoms with van der Waals surface area (Å²) >= 11 is 0. The van der Waals surface area contributed by atoms with E-state index in [-0.39, 0.29) is 17.9 Å². The molecule has 0 spiro atoms. The molecule has 2 saturated heterocycles. The number of halogens is 3. The summed E-state index contributed by atoms with van der Waals surface area (Å²) in [4.78, 5) is 17.3. The van der Waals surface area contributed by atoms with Gasteiger partial charge in [0.05, 0.1) is 6.42 Å². The van der Waals surface area contributed by atoms with E-state index < -0.39 is 17.5 Å². The molecule has 162 valence electrons. The van der Waals surface area contributed by atoms with Gasteiger partial charge in [0.25, 0.3) is 0 Å². The number of amides is 1. The maximum Gasteiger partial charge on any atom is 0.227 e. The average Bonchev–Trinajstić information content (AvgIpc) is 2.71. The molecule has 0 aromatic heterocycles. The quantitative estimate of drug-likeness (QED) is 0.481. The first kappa shape index (κ1) is 22.1. The van der Waals surface area contributed by atoms with Gasteiger partial charge in [-0.05, 0) is 57.2 Å². The van der Waals surface area contributed by atoms with E-state index in [2.05, 4.69) is 4.90 Å². The maximum absolute atomic E-state index is 14.0. The van der Waals surface area contributed by atoms with Crippen molar-refractivity contribution in [1.29, 1.82) is 0 Å². The van der Waals surface area contributed by atoms with Crippen molar-refractivity contribution in [2.45, 2.75) is 51.0 Å². The van der Waals surface area contributed by atoms with Crippen molar-refractivity contribution in [2.75, 3.05) is 39.9 Å². The second kappa shape index (κ2) is 10.4. The van der Waals surface area contributed by atoms with Crippen LogP contribution in [0.3, 0.4) is 0 Å². The van der Waals surface area contributed by atoms with Crippen LogP contribution in [0.5, 0.6) is 0 Å². The molecule has 1 aromatic carbocycles. The summed E-state index contributed by atoms with van der Waals surface area (Å²) in [7, 11) is 1.61. The van der Waals surface area contributed by atoms with E-state index in [9.17, 15) is 18.0 Å². The molecule has 1 amide bonds. The van der Waals surface area contributed by atoms with Crippen molar-refractivity contribution in [1.82, 2.24) is 9.80 Å². The minimum absolute atomic E-state index is 0.103. The highest BCUT2D eigenvalue weighted by molar-refractivity contribution is 5.78. The molecular formula is C22H31F3N2O2. The van der Waals surface area contributed by atoms with Crippen molar-refractivity contribution < 1.29 is 22.7 Å². The highest BCUT2D eigenvalue weighted by atomic mass is 19.2. The summed E-state index contributed by atoms with van der Waals surface area (Å²) in [5.74, 6) is -3.12. The lowest BCUT2D eigenvalue weighted by Gasteiger charge is -2.45. The van der Waals surface area contributed by atoms with Crippen molar-refractivity contribution in [3.8, 4) is 0 Å². The zero-order valence-corrected chi connectivity index (χ0v) is 17.1. The summed E-state index contributed by atoms with van der Waals surface area (Å²) < 4.78 is 45.9. The number of methoxy groups -OCH3 is 1. The van der Waals surface area contributed by atoms with Crippen LogP contribution in [0, 0.1) is 23.4 Å². The number of carbonyl (C=O) groups is 1. The van der Waals surface area contributed by atoms with Gasteiger partial charge in [0.1, 0.15) is 5.82 Å². The molecule has 7 heteroatoms. The van der Waals surface area contributed by atoms with Gasteiger partial charge in [0, 0.05) is 44.5 Å². The van der Waals surface area contributed by atoms with Crippen LogP contribution in [0.4, 0.5) is 13.2 Å². The van der Waals surface area contributed by atoms with E-state index in [1.54, 1.807) is 12.0 Å². The maximum atomic E-state index is 14.0. The number of hydrogen-bond donors (Lipinski definition) is 0. The SMILES string of the molecule is COCCCN(CC1CCCN2CCCCC12)C(=O)Cc1cc(F)c(F)cc1F. The number of benzene rings is 1. The summed E-state index contributed by atoms with van der Waals surface area (Å²) in [6.07, 6.45) is 6.22.